The third-order valence-electron chi connectivity index (χ3n) is 2.00. The van der Waals surface area contributed by atoms with Gasteiger partial charge in [-0.25, -0.2) is 0 Å². The largest absolute Gasteiger partial charge is 0.389 e. The Morgan fingerprint density at radius 3 is 2.64 bits per heavy atom. The zero-order chi connectivity index (χ0) is 10.6. The van der Waals surface area contributed by atoms with Gasteiger partial charge in [0.1, 0.15) is 0 Å². The molecular weight excluding hydrogens is 195 g/mol. The molecule has 1 aliphatic heterocycles. The van der Waals surface area contributed by atoms with E-state index in [0.29, 0.717) is 6.54 Å². The van der Waals surface area contributed by atoms with Gasteiger partial charge < -0.3 is 4.90 Å². The summed E-state index contributed by atoms with van der Waals surface area (Å²) in [4.78, 5) is 12.6. The number of rotatable bonds is 2. The van der Waals surface area contributed by atoms with E-state index in [1.807, 2.05) is 0 Å². The number of amides is 1. The fourth-order valence-electron chi connectivity index (χ4n) is 1.26. The van der Waals surface area contributed by atoms with E-state index in [2.05, 4.69) is 0 Å². The molecule has 0 N–H and O–H groups in total. The first kappa shape index (κ1) is 11.1. The van der Waals surface area contributed by atoms with E-state index in [-0.39, 0.29) is 0 Å². The summed E-state index contributed by atoms with van der Waals surface area (Å²) in [5.41, 5.74) is 0. The highest BCUT2D eigenvalue weighted by Gasteiger charge is 2.28. The Morgan fingerprint density at radius 1 is 1.43 bits per heavy atom. The minimum atomic E-state index is -4.24. The Morgan fingerprint density at radius 2 is 2.14 bits per heavy atom. The van der Waals surface area contributed by atoms with Crippen LogP contribution in [-0.4, -0.2) is 23.5 Å². The van der Waals surface area contributed by atoms with E-state index in [4.69, 9.17) is 0 Å². The Bertz CT molecular complexity index is 235. The summed E-state index contributed by atoms with van der Waals surface area (Å²) in [6, 6.07) is 0. The summed E-state index contributed by atoms with van der Waals surface area (Å²) in [7, 11) is 0. The summed E-state index contributed by atoms with van der Waals surface area (Å²) < 4.78 is 35.4. The molecule has 0 fully saturated rings. The monoisotopic (exact) mass is 207 g/mol. The Hall–Kier alpha value is -1.00. The van der Waals surface area contributed by atoms with Gasteiger partial charge in [-0.15, -0.1) is 0 Å². The number of carbonyl (C=O) groups excluding carboxylic acids is 1. The fraction of sp³-hybridized carbons (Fsp3) is 0.667. The Balaban J connectivity index is 2.34. The van der Waals surface area contributed by atoms with Crippen molar-refractivity contribution in [2.75, 3.05) is 6.54 Å². The molecule has 0 spiro atoms. The normalized spacial score (nSPS) is 17.2. The van der Waals surface area contributed by atoms with Crippen molar-refractivity contribution in [1.82, 2.24) is 4.90 Å². The predicted molar refractivity (Wildman–Crippen MR) is 45.4 cm³/mol. The zero-order valence-electron chi connectivity index (χ0n) is 7.68. The van der Waals surface area contributed by atoms with Crippen LogP contribution in [0.15, 0.2) is 12.3 Å². The molecule has 0 aromatic heterocycles. The van der Waals surface area contributed by atoms with Gasteiger partial charge >= 0.3 is 6.18 Å². The molecule has 0 aromatic rings. The van der Waals surface area contributed by atoms with Crippen LogP contribution in [0.5, 0.6) is 0 Å². The number of carbonyl (C=O) groups is 1. The lowest BCUT2D eigenvalue weighted by atomic mass is 10.2. The first-order valence-electron chi connectivity index (χ1n) is 4.52. The first-order chi connectivity index (χ1) is 6.49. The topological polar surface area (TPSA) is 20.3 Å². The molecule has 1 amide bonds. The van der Waals surface area contributed by atoms with Crippen molar-refractivity contribution in [3.8, 4) is 0 Å². The molecule has 0 bridgehead atoms. The standard InChI is InChI=1S/C9H12F3NO/c10-9(11,12)5-4-8(14)13-6-2-1-3-7-13/h2,6H,1,3-5,7H2. The van der Waals surface area contributed by atoms with E-state index >= 15 is 0 Å². The number of alkyl halides is 3. The Labute approximate surface area is 80.4 Å². The molecule has 0 saturated carbocycles. The predicted octanol–water partition coefficient (Wildman–Crippen LogP) is 2.47. The summed E-state index contributed by atoms with van der Waals surface area (Å²) in [5, 5.41) is 0. The molecule has 0 radical (unpaired) electrons. The van der Waals surface area contributed by atoms with Crippen molar-refractivity contribution >= 4 is 5.91 Å². The second-order valence-corrected chi connectivity index (χ2v) is 3.23. The van der Waals surface area contributed by atoms with Gasteiger partial charge in [0.15, 0.2) is 0 Å². The Kier molecular flexibility index (Phi) is 3.55. The van der Waals surface area contributed by atoms with Crippen molar-refractivity contribution in [2.24, 2.45) is 0 Å². The molecule has 0 atom stereocenters. The van der Waals surface area contributed by atoms with Gasteiger partial charge in [0.05, 0.1) is 6.42 Å². The van der Waals surface area contributed by atoms with Gasteiger partial charge in [-0.3, -0.25) is 4.79 Å². The van der Waals surface area contributed by atoms with Crippen molar-refractivity contribution in [3.05, 3.63) is 12.3 Å². The van der Waals surface area contributed by atoms with Gasteiger partial charge in [0, 0.05) is 19.2 Å². The highest BCUT2D eigenvalue weighted by Crippen LogP contribution is 2.22. The van der Waals surface area contributed by atoms with Gasteiger partial charge in [-0.1, -0.05) is 6.08 Å². The molecule has 14 heavy (non-hydrogen) atoms. The number of halogens is 3. The van der Waals surface area contributed by atoms with Crippen LogP contribution in [0.2, 0.25) is 0 Å². The van der Waals surface area contributed by atoms with Crippen molar-refractivity contribution in [2.45, 2.75) is 31.9 Å². The van der Waals surface area contributed by atoms with Crippen molar-refractivity contribution in [3.63, 3.8) is 0 Å². The van der Waals surface area contributed by atoms with E-state index in [0.717, 1.165) is 12.8 Å². The van der Waals surface area contributed by atoms with E-state index in [9.17, 15) is 18.0 Å². The SMILES string of the molecule is O=C(CCC(F)(F)F)N1C=CCCC1. The van der Waals surface area contributed by atoms with Crippen LogP contribution in [0.3, 0.4) is 0 Å². The van der Waals surface area contributed by atoms with Crippen LogP contribution in [0, 0.1) is 0 Å². The molecule has 1 aliphatic rings. The molecule has 0 unspecified atom stereocenters. The van der Waals surface area contributed by atoms with Gasteiger partial charge in [0.25, 0.3) is 0 Å². The molecule has 80 valence electrons. The van der Waals surface area contributed by atoms with Gasteiger partial charge in [-0.2, -0.15) is 13.2 Å². The van der Waals surface area contributed by atoms with Crippen LogP contribution < -0.4 is 0 Å². The van der Waals surface area contributed by atoms with Crippen LogP contribution in [-0.2, 0) is 4.79 Å². The molecule has 5 heteroatoms. The zero-order valence-corrected chi connectivity index (χ0v) is 7.68. The fourth-order valence-corrected chi connectivity index (χ4v) is 1.26. The van der Waals surface area contributed by atoms with Crippen molar-refractivity contribution in [1.29, 1.82) is 0 Å². The maximum Gasteiger partial charge on any atom is 0.389 e. The number of nitrogens with zero attached hydrogens (tertiary/aromatic N) is 1. The second kappa shape index (κ2) is 4.48. The first-order valence-corrected chi connectivity index (χ1v) is 4.52. The number of hydrogen-bond acceptors (Lipinski definition) is 1. The minimum Gasteiger partial charge on any atom is -0.319 e. The van der Waals surface area contributed by atoms with Crippen LogP contribution in [0.1, 0.15) is 25.7 Å². The lowest BCUT2D eigenvalue weighted by Crippen LogP contribution is -2.29. The molecule has 1 heterocycles. The minimum absolute atomic E-state index is 0.446. The molecular formula is C9H12F3NO. The maximum atomic E-state index is 11.8. The third kappa shape index (κ3) is 3.81. The lowest BCUT2D eigenvalue weighted by Gasteiger charge is -2.21. The molecule has 0 saturated heterocycles. The molecule has 0 aromatic carbocycles. The van der Waals surface area contributed by atoms with Crippen LogP contribution >= 0.6 is 0 Å². The van der Waals surface area contributed by atoms with Crippen LogP contribution in [0.4, 0.5) is 13.2 Å². The molecule has 0 aliphatic carbocycles. The number of allylic oxidation sites excluding steroid dienone is 1. The van der Waals surface area contributed by atoms with Gasteiger partial charge in [0.2, 0.25) is 5.91 Å². The summed E-state index contributed by atoms with van der Waals surface area (Å²) in [6.07, 6.45) is -0.631. The quantitative estimate of drug-likeness (QED) is 0.681. The lowest BCUT2D eigenvalue weighted by molar-refractivity contribution is -0.147. The van der Waals surface area contributed by atoms with Crippen molar-refractivity contribution < 1.29 is 18.0 Å². The summed E-state index contributed by atoms with van der Waals surface area (Å²) >= 11 is 0. The van der Waals surface area contributed by atoms with E-state index in [1.165, 1.54) is 4.90 Å². The average molecular weight is 207 g/mol. The van der Waals surface area contributed by atoms with E-state index < -0.39 is 24.9 Å². The molecule has 1 rings (SSSR count). The number of hydrogen-bond donors (Lipinski definition) is 0. The second-order valence-electron chi connectivity index (χ2n) is 3.23. The summed E-state index contributed by atoms with van der Waals surface area (Å²) in [6.45, 7) is 0.535. The highest BCUT2D eigenvalue weighted by atomic mass is 19.4. The van der Waals surface area contributed by atoms with Crippen LogP contribution in [0.25, 0.3) is 0 Å². The van der Waals surface area contributed by atoms with E-state index in [1.54, 1.807) is 12.3 Å². The average Bonchev–Trinajstić information content (AvgIpc) is 2.14. The third-order valence-corrected chi connectivity index (χ3v) is 2.00. The maximum absolute atomic E-state index is 11.8. The van der Waals surface area contributed by atoms with Gasteiger partial charge in [-0.05, 0) is 12.8 Å². The molecule has 2 nitrogen and oxygen atoms in total. The summed E-state index contributed by atoms with van der Waals surface area (Å²) in [5.74, 6) is -0.446. The smallest absolute Gasteiger partial charge is 0.319 e. The highest BCUT2D eigenvalue weighted by molar-refractivity contribution is 5.77.